The number of Topliss-reactive ketones (excluding diaryl/α,β-unsaturated/α-hetero) is 1. The molecule has 0 atom stereocenters. The number of hydrogen-bond acceptors (Lipinski definition) is 4. The third kappa shape index (κ3) is 4.05. The van der Waals surface area contributed by atoms with Gasteiger partial charge in [0, 0.05) is 24.2 Å². The summed E-state index contributed by atoms with van der Waals surface area (Å²) in [5.41, 5.74) is 1.12. The minimum Gasteiger partial charge on any atom is -0.496 e. The minimum absolute atomic E-state index is 0.0518. The van der Waals surface area contributed by atoms with E-state index in [0.29, 0.717) is 18.7 Å². The maximum atomic E-state index is 11.5. The molecular formula is C17H25NO3. The molecule has 2 rings (SSSR count). The first kappa shape index (κ1) is 16.0. The van der Waals surface area contributed by atoms with Crippen LogP contribution in [0.2, 0.25) is 0 Å². The number of hydrogen-bond donors (Lipinski definition) is 1. The fourth-order valence-electron chi connectivity index (χ4n) is 3.16. The van der Waals surface area contributed by atoms with Crippen LogP contribution in [0.5, 0.6) is 5.75 Å². The average molecular weight is 291 g/mol. The van der Waals surface area contributed by atoms with Crippen molar-refractivity contribution in [2.24, 2.45) is 0 Å². The van der Waals surface area contributed by atoms with Gasteiger partial charge in [-0.15, -0.1) is 0 Å². The van der Waals surface area contributed by atoms with Crippen LogP contribution in [0.15, 0.2) is 18.2 Å². The van der Waals surface area contributed by atoms with Crippen molar-refractivity contribution < 1.29 is 14.6 Å². The van der Waals surface area contributed by atoms with Crippen LogP contribution >= 0.6 is 0 Å². The molecule has 1 aliphatic carbocycles. The Morgan fingerprint density at radius 1 is 1.38 bits per heavy atom. The molecule has 0 spiro atoms. The second-order valence-corrected chi connectivity index (χ2v) is 6.19. The van der Waals surface area contributed by atoms with Gasteiger partial charge < -0.3 is 9.84 Å². The number of benzene rings is 1. The molecule has 21 heavy (non-hydrogen) atoms. The van der Waals surface area contributed by atoms with Gasteiger partial charge in [0.1, 0.15) is 5.75 Å². The molecular weight excluding hydrogens is 266 g/mol. The van der Waals surface area contributed by atoms with Crippen LogP contribution in [0.3, 0.4) is 0 Å². The van der Waals surface area contributed by atoms with Crippen LogP contribution in [0.25, 0.3) is 0 Å². The molecule has 1 aromatic carbocycles. The normalized spacial score (nSPS) is 17.2. The number of aliphatic hydroxyl groups is 1. The van der Waals surface area contributed by atoms with E-state index in [1.54, 1.807) is 20.1 Å². The Bertz CT molecular complexity index is 507. The number of likely N-dealkylation sites (N-methyl/N-ethyl adjacent to an activating group) is 1. The summed E-state index contributed by atoms with van der Waals surface area (Å²) in [5, 5.41) is 10.5. The number of carbonyl (C=O) groups is 1. The molecule has 116 valence electrons. The molecule has 0 saturated heterocycles. The number of ether oxygens (including phenoxy) is 1. The van der Waals surface area contributed by atoms with Gasteiger partial charge in [0.15, 0.2) is 5.78 Å². The predicted octanol–water partition coefficient (Wildman–Crippen LogP) is 2.63. The first-order valence-electron chi connectivity index (χ1n) is 7.52. The first-order valence-corrected chi connectivity index (χ1v) is 7.52. The van der Waals surface area contributed by atoms with Crippen molar-refractivity contribution in [2.75, 3.05) is 20.7 Å². The fourth-order valence-corrected chi connectivity index (χ4v) is 3.16. The lowest BCUT2D eigenvalue weighted by Crippen LogP contribution is -2.38. The Labute approximate surface area is 126 Å². The summed E-state index contributed by atoms with van der Waals surface area (Å²) in [6.07, 6.45) is 3.96. The standard InChI is InChI=1S/C17H25NO3/c1-13(19)14-6-7-16(21-3)15(10-14)11-18(2)12-17(20)8-4-5-9-17/h6-7,10,20H,4-5,8-9,11-12H2,1-3H3. The van der Waals surface area contributed by atoms with E-state index in [-0.39, 0.29) is 5.78 Å². The van der Waals surface area contributed by atoms with Gasteiger partial charge >= 0.3 is 0 Å². The Balaban J connectivity index is 2.10. The lowest BCUT2D eigenvalue weighted by atomic mass is 10.0. The quantitative estimate of drug-likeness (QED) is 0.819. The summed E-state index contributed by atoms with van der Waals surface area (Å²) in [4.78, 5) is 13.6. The van der Waals surface area contributed by atoms with E-state index in [0.717, 1.165) is 37.0 Å². The van der Waals surface area contributed by atoms with Gasteiger partial charge in [0.2, 0.25) is 0 Å². The number of nitrogens with zero attached hydrogens (tertiary/aromatic N) is 1. The van der Waals surface area contributed by atoms with Gasteiger partial charge in [0.05, 0.1) is 12.7 Å². The third-order valence-corrected chi connectivity index (χ3v) is 4.23. The maximum absolute atomic E-state index is 11.5. The molecule has 1 aromatic rings. The van der Waals surface area contributed by atoms with Gasteiger partial charge in [-0.1, -0.05) is 12.8 Å². The first-order chi connectivity index (χ1) is 9.93. The van der Waals surface area contributed by atoms with Gasteiger partial charge in [-0.05, 0) is 45.0 Å². The summed E-state index contributed by atoms with van der Waals surface area (Å²) in [7, 11) is 3.63. The second kappa shape index (κ2) is 6.58. The Morgan fingerprint density at radius 3 is 2.62 bits per heavy atom. The van der Waals surface area contributed by atoms with Gasteiger partial charge in [-0.3, -0.25) is 9.69 Å². The van der Waals surface area contributed by atoms with Gasteiger partial charge in [-0.25, -0.2) is 0 Å². The molecule has 0 unspecified atom stereocenters. The summed E-state index contributed by atoms with van der Waals surface area (Å²) in [5.74, 6) is 0.834. The van der Waals surface area contributed by atoms with Crippen molar-refractivity contribution in [3.8, 4) is 5.75 Å². The molecule has 1 N–H and O–H groups in total. The number of carbonyl (C=O) groups excluding carboxylic acids is 1. The molecule has 0 heterocycles. The Kier molecular flexibility index (Phi) is 5.01. The van der Waals surface area contributed by atoms with E-state index in [4.69, 9.17) is 4.74 Å². The fraction of sp³-hybridized carbons (Fsp3) is 0.588. The highest BCUT2D eigenvalue weighted by Crippen LogP contribution is 2.31. The molecule has 0 amide bonds. The zero-order valence-electron chi connectivity index (χ0n) is 13.2. The molecule has 4 heteroatoms. The molecule has 0 bridgehead atoms. The highest BCUT2D eigenvalue weighted by molar-refractivity contribution is 5.94. The van der Waals surface area contributed by atoms with Crippen LogP contribution in [0.4, 0.5) is 0 Å². The van der Waals surface area contributed by atoms with Gasteiger partial charge in [0.25, 0.3) is 0 Å². The monoisotopic (exact) mass is 291 g/mol. The predicted molar refractivity (Wildman–Crippen MR) is 82.8 cm³/mol. The Hall–Kier alpha value is -1.39. The van der Waals surface area contributed by atoms with E-state index >= 15 is 0 Å². The Morgan fingerprint density at radius 2 is 2.05 bits per heavy atom. The molecule has 4 nitrogen and oxygen atoms in total. The lowest BCUT2D eigenvalue weighted by molar-refractivity contribution is 0.0143. The molecule has 1 fully saturated rings. The zero-order valence-corrected chi connectivity index (χ0v) is 13.2. The highest BCUT2D eigenvalue weighted by atomic mass is 16.5. The second-order valence-electron chi connectivity index (χ2n) is 6.19. The summed E-state index contributed by atoms with van der Waals surface area (Å²) >= 11 is 0. The van der Waals surface area contributed by atoms with E-state index in [9.17, 15) is 9.90 Å². The molecule has 0 aliphatic heterocycles. The van der Waals surface area contributed by atoms with E-state index < -0.39 is 5.60 Å². The van der Waals surface area contributed by atoms with Crippen LogP contribution in [-0.4, -0.2) is 42.1 Å². The van der Waals surface area contributed by atoms with Crippen LogP contribution in [0, 0.1) is 0 Å². The maximum Gasteiger partial charge on any atom is 0.159 e. The largest absolute Gasteiger partial charge is 0.496 e. The molecule has 1 saturated carbocycles. The number of ketones is 1. The summed E-state index contributed by atoms with van der Waals surface area (Å²) < 4.78 is 5.38. The zero-order chi connectivity index (χ0) is 15.5. The van der Waals surface area contributed by atoms with Crippen molar-refractivity contribution >= 4 is 5.78 Å². The molecule has 0 radical (unpaired) electrons. The van der Waals surface area contributed by atoms with Crippen LogP contribution in [-0.2, 0) is 6.54 Å². The van der Waals surface area contributed by atoms with Gasteiger partial charge in [-0.2, -0.15) is 0 Å². The van der Waals surface area contributed by atoms with Crippen molar-refractivity contribution in [3.63, 3.8) is 0 Å². The smallest absolute Gasteiger partial charge is 0.159 e. The van der Waals surface area contributed by atoms with E-state index in [1.165, 1.54) is 0 Å². The number of methoxy groups -OCH3 is 1. The molecule has 1 aliphatic rings. The van der Waals surface area contributed by atoms with Crippen LogP contribution < -0.4 is 4.74 Å². The lowest BCUT2D eigenvalue weighted by Gasteiger charge is -2.29. The van der Waals surface area contributed by atoms with Crippen molar-refractivity contribution in [1.82, 2.24) is 4.90 Å². The van der Waals surface area contributed by atoms with E-state index in [1.807, 2.05) is 19.2 Å². The van der Waals surface area contributed by atoms with Crippen molar-refractivity contribution in [1.29, 1.82) is 0 Å². The third-order valence-electron chi connectivity index (χ3n) is 4.23. The average Bonchev–Trinajstić information content (AvgIpc) is 2.84. The molecule has 0 aromatic heterocycles. The topological polar surface area (TPSA) is 49.8 Å². The van der Waals surface area contributed by atoms with Crippen LogP contribution in [0.1, 0.15) is 48.5 Å². The highest BCUT2D eigenvalue weighted by Gasteiger charge is 2.32. The van der Waals surface area contributed by atoms with E-state index in [2.05, 4.69) is 4.90 Å². The van der Waals surface area contributed by atoms with Crippen molar-refractivity contribution in [2.45, 2.75) is 44.8 Å². The number of rotatable bonds is 6. The van der Waals surface area contributed by atoms with Crippen molar-refractivity contribution in [3.05, 3.63) is 29.3 Å². The minimum atomic E-state index is -0.555. The SMILES string of the molecule is COc1ccc(C(C)=O)cc1CN(C)CC1(O)CCCC1. The summed E-state index contributed by atoms with van der Waals surface area (Å²) in [6, 6.07) is 5.51. The summed E-state index contributed by atoms with van der Waals surface area (Å²) in [6.45, 7) is 2.88.